The molecule has 1 aliphatic carbocycles. The third-order valence-electron chi connectivity index (χ3n) is 5.18. The minimum atomic E-state index is -0.222. The molecule has 0 unspecified atom stereocenters. The van der Waals surface area contributed by atoms with Crippen LogP contribution in [0, 0.1) is 18.2 Å². The van der Waals surface area contributed by atoms with Crippen molar-refractivity contribution >= 4 is 38.8 Å². The second-order valence-electron chi connectivity index (χ2n) is 6.94. The van der Waals surface area contributed by atoms with Gasteiger partial charge in [-0.1, -0.05) is 68.8 Å². The Kier molecular flexibility index (Phi) is 7.52. The number of pyridine rings is 1. The van der Waals surface area contributed by atoms with Gasteiger partial charge in [-0.2, -0.15) is 0 Å². The molecule has 2 nitrogen and oxygen atoms in total. The molecule has 0 amide bonds. The molecule has 2 aromatic heterocycles. The van der Waals surface area contributed by atoms with Crippen LogP contribution in [0.3, 0.4) is 0 Å². The van der Waals surface area contributed by atoms with Crippen molar-refractivity contribution < 1.29 is 4.39 Å². The van der Waals surface area contributed by atoms with Gasteiger partial charge in [0.25, 0.3) is 0 Å². The zero-order valence-corrected chi connectivity index (χ0v) is 18.5. The lowest BCUT2D eigenvalue weighted by Gasteiger charge is -2.20. The van der Waals surface area contributed by atoms with Gasteiger partial charge in [0.15, 0.2) is 0 Å². The minimum absolute atomic E-state index is 0.222. The van der Waals surface area contributed by atoms with E-state index in [0.29, 0.717) is 23.2 Å². The Balaban J connectivity index is 0.00000117. The number of nitrogens with zero attached hydrogens (tertiary/aromatic N) is 1. The van der Waals surface area contributed by atoms with Crippen LogP contribution in [0.2, 0.25) is 5.15 Å². The van der Waals surface area contributed by atoms with Gasteiger partial charge in [-0.3, -0.25) is 0 Å². The molecule has 0 atom stereocenters. The predicted molar refractivity (Wildman–Crippen MR) is 123 cm³/mol. The summed E-state index contributed by atoms with van der Waals surface area (Å²) in [7, 11) is 0. The van der Waals surface area contributed by atoms with Crippen LogP contribution in [0.15, 0.2) is 30.3 Å². The van der Waals surface area contributed by atoms with Crippen LogP contribution in [0.5, 0.6) is 0 Å². The Morgan fingerprint density at radius 2 is 1.97 bits per heavy atom. The van der Waals surface area contributed by atoms with E-state index in [0.717, 1.165) is 21.5 Å². The maximum atomic E-state index is 13.9. The summed E-state index contributed by atoms with van der Waals surface area (Å²) in [4.78, 5) is 5.76. The van der Waals surface area contributed by atoms with Crippen LogP contribution >= 0.6 is 22.9 Å². The molecule has 4 rings (SSSR count). The number of aromatic nitrogens is 1. The van der Waals surface area contributed by atoms with E-state index in [-0.39, 0.29) is 5.82 Å². The van der Waals surface area contributed by atoms with E-state index in [1.165, 1.54) is 43.0 Å². The quantitative estimate of drug-likeness (QED) is 0.339. The summed E-state index contributed by atoms with van der Waals surface area (Å²) < 4.78 is 15.0. The minimum Gasteiger partial charge on any atom is -0.380 e. The van der Waals surface area contributed by atoms with Crippen LogP contribution in [0.1, 0.15) is 67.9 Å². The molecule has 5 heteroatoms. The molecular weight excluding hydrogens is 403 g/mol. The Bertz CT molecular complexity index is 1020. The third-order valence-corrected chi connectivity index (χ3v) is 6.75. The highest BCUT2D eigenvalue weighted by Crippen LogP contribution is 2.44. The molecule has 2 heterocycles. The first-order valence-corrected chi connectivity index (χ1v) is 11.4. The number of halogens is 2. The average Bonchev–Trinajstić information content (AvgIpc) is 3.13. The first kappa shape index (κ1) is 21.6. The average molecular weight is 429 g/mol. The molecule has 152 valence electrons. The lowest BCUT2D eigenvalue weighted by molar-refractivity contribution is 0.448. The molecular formula is C24H26ClFN2S. The number of hydrogen-bond donors (Lipinski definition) is 1. The fraction of sp³-hybridized carbons (Fsp3) is 0.375. The molecule has 1 aromatic carbocycles. The third kappa shape index (κ3) is 4.74. The number of terminal acetylenes is 1. The van der Waals surface area contributed by atoms with Gasteiger partial charge in [0.05, 0.1) is 16.0 Å². The van der Waals surface area contributed by atoms with Crippen LogP contribution in [0.25, 0.3) is 10.2 Å². The number of thiophene rings is 1. The van der Waals surface area contributed by atoms with Crippen molar-refractivity contribution in [2.75, 3.05) is 5.32 Å². The summed E-state index contributed by atoms with van der Waals surface area (Å²) in [5.41, 5.74) is 3.13. The number of anilines is 1. The first-order valence-electron chi connectivity index (χ1n) is 10.2. The molecule has 0 aliphatic heterocycles. The second kappa shape index (κ2) is 10.1. The predicted octanol–water partition coefficient (Wildman–Crippen LogP) is 7.76. The largest absolute Gasteiger partial charge is 0.380 e. The smallest absolute Gasteiger partial charge is 0.131 e. The lowest BCUT2D eigenvalue weighted by atomic mass is 9.87. The highest BCUT2D eigenvalue weighted by atomic mass is 35.5. The van der Waals surface area contributed by atoms with Gasteiger partial charge in [-0.25, -0.2) is 9.37 Å². The maximum absolute atomic E-state index is 13.9. The highest BCUT2D eigenvalue weighted by molar-refractivity contribution is 7.20. The van der Waals surface area contributed by atoms with Crippen molar-refractivity contribution in [1.82, 2.24) is 4.98 Å². The number of rotatable bonds is 4. The molecule has 1 fully saturated rings. The molecule has 1 saturated carbocycles. The van der Waals surface area contributed by atoms with Gasteiger partial charge in [0, 0.05) is 23.1 Å². The maximum Gasteiger partial charge on any atom is 0.131 e. The summed E-state index contributed by atoms with van der Waals surface area (Å²) in [6.07, 6.45) is 12.0. The van der Waals surface area contributed by atoms with E-state index in [2.05, 4.69) is 16.2 Å². The number of hydrogen-bond acceptors (Lipinski definition) is 3. The van der Waals surface area contributed by atoms with Crippen molar-refractivity contribution in [3.8, 4) is 12.3 Å². The number of fused-ring (bicyclic) bond motifs is 1. The number of benzene rings is 1. The van der Waals surface area contributed by atoms with E-state index in [9.17, 15) is 4.39 Å². The topological polar surface area (TPSA) is 24.9 Å². The molecule has 3 aromatic rings. The second-order valence-corrected chi connectivity index (χ2v) is 8.38. The molecule has 0 bridgehead atoms. The van der Waals surface area contributed by atoms with Gasteiger partial charge < -0.3 is 5.32 Å². The standard InChI is InChI=1S/C22H20ClFN2S.C2H6/c1-2-16-20-22(27-21(16)14-8-4-3-5-9-14)18(12-19(23)26-20)25-13-15-10-6-7-11-17(15)24;1-2/h1,6-7,10-12,14H,3-5,8-9,13H2,(H,25,26);1-2H3. The van der Waals surface area contributed by atoms with E-state index in [1.54, 1.807) is 29.5 Å². The molecule has 0 radical (unpaired) electrons. The molecule has 1 aliphatic rings. The van der Waals surface area contributed by atoms with Gasteiger partial charge >= 0.3 is 0 Å². The molecule has 0 saturated heterocycles. The van der Waals surface area contributed by atoms with Crippen LogP contribution in [-0.4, -0.2) is 4.98 Å². The van der Waals surface area contributed by atoms with E-state index >= 15 is 0 Å². The lowest BCUT2D eigenvalue weighted by Crippen LogP contribution is -2.04. The summed E-state index contributed by atoms with van der Waals surface area (Å²) in [5.74, 6) is 3.13. The Morgan fingerprint density at radius 1 is 1.24 bits per heavy atom. The fourth-order valence-corrected chi connectivity index (χ4v) is 5.37. The van der Waals surface area contributed by atoms with E-state index < -0.39 is 0 Å². The molecule has 1 N–H and O–H groups in total. The van der Waals surface area contributed by atoms with Crippen molar-refractivity contribution in [1.29, 1.82) is 0 Å². The monoisotopic (exact) mass is 428 g/mol. The summed E-state index contributed by atoms with van der Waals surface area (Å²) in [5, 5.41) is 3.72. The van der Waals surface area contributed by atoms with Crippen LogP contribution in [-0.2, 0) is 6.54 Å². The van der Waals surface area contributed by atoms with E-state index in [1.807, 2.05) is 19.9 Å². The van der Waals surface area contributed by atoms with Crippen molar-refractivity contribution in [2.45, 2.75) is 58.4 Å². The zero-order chi connectivity index (χ0) is 20.8. The number of nitrogens with one attached hydrogen (secondary N) is 1. The van der Waals surface area contributed by atoms with Crippen molar-refractivity contribution in [2.24, 2.45) is 0 Å². The van der Waals surface area contributed by atoms with E-state index in [4.69, 9.17) is 18.0 Å². The SMILES string of the molecule is C#Cc1c(C2CCCCC2)sc2c(NCc3ccccc3F)cc(Cl)nc12.CC. The summed E-state index contributed by atoms with van der Waals surface area (Å²) >= 11 is 7.98. The Labute approximate surface area is 181 Å². The summed E-state index contributed by atoms with van der Waals surface area (Å²) in [6.45, 7) is 4.38. The van der Waals surface area contributed by atoms with Crippen LogP contribution < -0.4 is 5.32 Å². The molecule has 0 spiro atoms. The first-order chi connectivity index (χ1) is 14.2. The van der Waals surface area contributed by atoms with Crippen molar-refractivity contribution in [3.05, 3.63) is 57.3 Å². The Hall–Kier alpha value is -2.09. The van der Waals surface area contributed by atoms with Gasteiger partial charge in [-0.15, -0.1) is 17.8 Å². The normalized spacial score (nSPS) is 14.2. The zero-order valence-electron chi connectivity index (χ0n) is 16.9. The highest BCUT2D eigenvalue weighted by Gasteiger charge is 2.24. The van der Waals surface area contributed by atoms with Crippen LogP contribution in [0.4, 0.5) is 10.1 Å². The van der Waals surface area contributed by atoms with Gasteiger partial charge in [0.2, 0.25) is 0 Å². The van der Waals surface area contributed by atoms with Crippen molar-refractivity contribution in [3.63, 3.8) is 0 Å². The van der Waals surface area contributed by atoms with Gasteiger partial charge in [0.1, 0.15) is 16.5 Å². The Morgan fingerprint density at radius 3 is 2.66 bits per heavy atom. The van der Waals surface area contributed by atoms with Gasteiger partial charge in [-0.05, 0) is 24.8 Å². The molecule has 29 heavy (non-hydrogen) atoms. The fourth-order valence-electron chi connectivity index (χ4n) is 3.81. The summed E-state index contributed by atoms with van der Waals surface area (Å²) in [6, 6.07) is 8.56.